The third kappa shape index (κ3) is 3.89. The van der Waals surface area contributed by atoms with Gasteiger partial charge < -0.3 is 9.84 Å². The van der Waals surface area contributed by atoms with Crippen LogP contribution in [0.5, 0.6) is 0 Å². The van der Waals surface area contributed by atoms with Crippen LogP contribution in [-0.4, -0.2) is 16.2 Å². The molecule has 3 aromatic carbocycles. The lowest BCUT2D eigenvalue weighted by atomic mass is 9.94. The molecule has 33 heavy (non-hydrogen) atoms. The Morgan fingerprint density at radius 3 is 2.45 bits per heavy atom. The molecule has 2 heterocycles. The highest BCUT2D eigenvalue weighted by Crippen LogP contribution is 2.39. The number of nitrogens with one attached hydrogen (secondary N) is 1. The summed E-state index contributed by atoms with van der Waals surface area (Å²) in [6.07, 6.45) is 0. The van der Waals surface area contributed by atoms with Crippen LogP contribution < -0.4 is 10.2 Å². The predicted octanol–water partition coefficient (Wildman–Crippen LogP) is 5.89. The average molecular weight is 440 g/mol. The molecule has 1 aliphatic rings. The molecule has 1 atom stereocenters. The van der Waals surface area contributed by atoms with Gasteiger partial charge in [-0.3, -0.25) is 4.90 Å². The molecule has 1 aliphatic heterocycles. The lowest BCUT2D eigenvalue weighted by molar-refractivity contribution is 0.244. The molecule has 0 bridgehead atoms. The molecule has 0 fully saturated rings. The number of benzene rings is 3. The maximum Gasteiger partial charge on any atom is 0.326 e. The van der Waals surface area contributed by atoms with Gasteiger partial charge in [-0.25, -0.2) is 9.18 Å². The summed E-state index contributed by atoms with van der Waals surface area (Å²) in [5.74, 6) is 0.392. The van der Waals surface area contributed by atoms with Crippen LogP contribution in [0.1, 0.15) is 30.0 Å². The number of halogens is 1. The van der Waals surface area contributed by atoms with Gasteiger partial charge in [-0.05, 0) is 49.7 Å². The molecule has 1 aromatic heterocycles. The lowest BCUT2D eigenvalue weighted by Gasteiger charge is -2.35. The van der Waals surface area contributed by atoms with Crippen molar-refractivity contribution in [2.75, 3.05) is 4.90 Å². The fourth-order valence-electron chi connectivity index (χ4n) is 4.05. The molecule has 6 nitrogen and oxygen atoms in total. The highest BCUT2D eigenvalue weighted by Gasteiger charge is 2.36. The van der Waals surface area contributed by atoms with Crippen molar-refractivity contribution in [3.63, 3.8) is 0 Å². The number of hydrogen-bond acceptors (Lipinski definition) is 4. The van der Waals surface area contributed by atoms with E-state index >= 15 is 0 Å². The average Bonchev–Trinajstić information content (AvgIpc) is 3.30. The standard InChI is InChI=1S/C26H21FN4O2/c1-16-7-6-8-19(15-16)24-29-25(33-30-24)22-17(2)31(21-9-4-3-5-10-21)26(32)28-23(22)18-11-13-20(27)14-12-18/h3-15,23H,1-2H3,(H,28,32). The Labute approximate surface area is 190 Å². The van der Waals surface area contributed by atoms with E-state index in [0.717, 1.165) is 11.1 Å². The summed E-state index contributed by atoms with van der Waals surface area (Å²) in [7, 11) is 0. The quantitative estimate of drug-likeness (QED) is 0.430. The van der Waals surface area contributed by atoms with E-state index in [2.05, 4.69) is 15.5 Å². The molecule has 7 heteroatoms. The molecular weight excluding hydrogens is 419 g/mol. The maximum absolute atomic E-state index is 13.6. The van der Waals surface area contributed by atoms with E-state index in [1.54, 1.807) is 17.0 Å². The van der Waals surface area contributed by atoms with E-state index in [9.17, 15) is 9.18 Å². The molecule has 5 rings (SSSR count). The number of anilines is 1. The monoisotopic (exact) mass is 440 g/mol. The van der Waals surface area contributed by atoms with Crippen LogP contribution in [0.4, 0.5) is 14.9 Å². The number of rotatable bonds is 4. The first-order valence-corrected chi connectivity index (χ1v) is 10.5. The van der Waals surface area contributed by atoms with Crippen LogP contribution in [0, 0.1) is 12.7 Å². The van der Waals surface area contributed by atoms with Crippen LogP contribution in [-0.2, 0) is 0 Å². The number of carbonyl (C=O) groups excluding carboxylic acids is 1. The van der Waals surface area contributed by atoms with Gasteiger partial charge in [0, 0.05) is 11.3 Å². The summed E-state index contributed by atoms with van der Waals surface area (Å²) in [6, 6.07) is 22.3. The summed E-state index contributed by atoms with van der Waals surface area (Å²) in [4.78, 5) is 19.4. The highest BCUT2D eigenvalue weighted by molar-refractivity contribution is 6.01. The van der Waals surface area contributed by atoms with Crippen LogP contribution in [0.25, 0.3) is 17.0 Å². The van der Waals surface area contributed by atoms with Crippen molar-refractivity contribution in [3.05, 3.63) is 107 Å². The topological polar surface area (TPSA) is 71.3 Å². The number of hydrogen-bond donors (Lipinski definition) is 1. The van der Waals surface area contributed by atoms with E-state index in [1.807, 2.05) is 68.4 Å². The van der Waals surface area contributed by atoms with Crippen molar-refractivity contribution in [3.8, 4) is 11.4 Å². The Balaban J connectivity index is 1.65. The zero-order valence-electron chi connectivity index (χ0n) is 18.1. The van der Waals surface area contributed by atoms with Crippen molar-refractivity contribution in [2.24, 2.45) is 0 Å². The lowest BCUT2D eigenvalue weighted by Crippen LogP contribution is -2.46. The Morgan fingerprint density at radius 2 is 1.73 bits per heavy atom. The first-order valence-electron chi connectivity index (χ1n) is 10.5. The molecule has 2 amide bonds. The smallest absolute Gasteiger partial charge is 0.326 e. The van der Waals surface area contributed by atoms with Gasteiger partial charge in [0.2, 0.25) is 5.82 Å². The maximum atomic E-state index is 13.6. The van der Waals surface area contributed by atoms with E-state index in [4.69, 9.17) is 4.52 Å². The summed E-state index contributed by atoms with van der Waals surface area (Å²) >= 11 is 0. The van der Waals surface area contributed by atoms with Crippen molar-refractivity contribution < 1.29 is 13.7 Å². The third-order valence-electron chi connectivity index (χ3n) is 5.64. The van der Waals surface area contributed by atoms with Gasteiger partial charge in [-0.15, -0.1) is 0 Å². The molecule has 0 saturated carbocycles. The second kappa shape index (κ2) is 8.35. The Kier molecular flexibility index (Phi) is 5.22. The SMILES string of the molecule is CC1=C(c2nc(-c3cccc(C)c3)no2)C(c2ccc(F)cc2)NC(=O)N1c1ccccc1. The zero-order valence-corrected chi connectivity index (χ0v) is 18.1. The summed E-state index contributed by atoms with van der Waals surface area (Å²) < 4.78 is 19.3. The highest BCUT2D eigenvalue weighted by atomic mass is 19.1. The number of para-hydroxylation sites is 1. The normalized spacial score (nSPS) is 16.2. The summed E-state index contributed by atoms with van der Waals surface area (Å²) in [6.45, 7) is 3.84. The second-order valence-corrected chi connectivity index (χ2v) is 7.90. The van der Waals surface area contributed by atoms with Crippen molar-refractivity contribution in [2.45, 2.75) is 19.9 Å². The number of amides is 2. The summed E-state index contributed by atoms with van der Waals surface area (Å²) in [5.41, 5.74) is 4.64. The fourth-order valence-corrected chi connectivity index (χ4v) is 4.05. The number of aromatic nitrogens is 2. The number of allylic oxidation sites excluding steroid dienone is 1. The molecule has 164 valence electrons. The number of aryl methyl sites for hydroxylation is 1. The Hall–Kier alpha value is -4.26. The number of carbonyl (C=O) groups is 1. The zero-order chi connectivity index (χ0) is 22.9. The van der Waals surface area contributed by atoms with Crippen LogP contribution >= 0.6 is 0 Å². The van der Waals surface area contributed by atoms with E-state index < -0.39 is 6.04 Å². The minimum absolute atomic E-state index is 0.291. The largest absolute Gasteiger partial charge is 0.334 e. The first kappa shape index (κ1) is 20.6. The van der Waals surface area contributed by atoms with Crippen molar-refractivity contribution >= 4 is 17.3 Å². The van der Waals surface area contributed by atoms with Gasteiger partial charge >= 0.3 is 6.03 Å². The van der Waals surface area contributed by atoms with Crippen molar-refractivity contribution in [1.29, 1.82) is 0 Å². The van der Waals surface area contributed by atoms with E-state index in [0.29, 0.717) is 34.2 Å². The minimum Gasteiger partial charge on any atom is -0.334 e. The molecule has 0 saturated heterocycles. The second-order valence-electron chi connectivity index (χ2n) is 7.90. The third-order valence-corrected chi connectivity index (χ3v) is 5.64. The first-order chi connectivity index (χ1) is 16.0. The van der Waals surface area contributed by atoms with Gasteiger partial charge in [-0.2, -0.15) is 4.98 Å². The Morgan fingerprint density at radius 1 is 0.970 bits per heavy atom. The van der Waals surface area contributed by atoms with Gasteiger partial charge in [0.15, 0.2) is 0 Å². The van der Waals surface area contributed by atoms with E-state index in [1.165, 1.54) is 12.1 Å². The molecule has 1 unspecified atom stereocenters. The molecule has 0 radical (unpaired) electrons. The van der Waals surface area contributed by atoms with Gasteiger partial charge in [0.1, 0.15) is 5.82 Å². The van der Waals surface area contributed by atoms with Gasteiger partial charge in [0.05, 0.1) is 17.3 Å². The molecule has 4 aromatic rings. The molecular formula is C26H21FN4O2. The van der Waals surface area contributed by atoms with E-state index in [-0.39, 0.29) is 11.8 Å². The van der Waals surface area contributed by atoms with Crippen LogP contribution in [0.15, 0.2) is 89.1 Å². The van der Waals surface area contributed by atoms with Crippen molar-refractivity contribution in [1.82, 2.24) is 15.5 Å². The molecule has 1 N–H and O–H groups in total. The van der Waals surface area contributed by atoms with Gasteiger partial charge in [0.25, 0.3) is 5.89 Å². The fraction of sp³-hybridized carbons (Fsp3) is 0.115. The van der Waals surface area contributed by atoms with Gasteiger partial charge in [-0.1, -0.05) is 59.3 Å². The number of urea groups is 1. The van der Waals surface area contributed by atoms with Crippen LogP contribution in [0.2, 0.25) is 0 Å². The summed E-state index contributed by atoms with van der Waals surface area (Å²) in [5, 5.41) is 7.20. The molecule has 0 spiro atoms. The number of nitrogens with zero attached hydrogens (tertiary/aromatic N) is 3. The minimum atomic E-state index is -0.580. The predicted molar refractivity (Wildman–Crippen MR) is 124 cm³/mol. The molecule has 0 aliphatic carbocycles. The van der Waals surface area contributed by atoms with Crippen LogP contribution in [0.3, 0.4) is 0 Å². The Bertz CT molecular complexity index is 1350.